The molecule has 8 heteroatoms. The van der Waals surface area contributed by atoms with Crippen molar-refractivity contribution < 1.29 is 4.74 Å². The van der Waals surface area contributed by atoms with Crippen molar-refractivity contribution >= 4 is 37.6 Å². The fourth-order valence-corrected chi connectivity index (χ4v) is 4.99. The summed E-state index contributed by atoms with van der Waals surface area (Å²) < 4.78 is 10.4. The average molecular weight is 573 g/mol. The molecule has 0 N–H and O–H groups in total. The number of rotatable bonds is 10. The first-order valence-corrected chi connectivity index (χ1v) is 13.4. The lowest BCUT2D eigenvalue weighted by Gasteiger charge is -2.23. The van der Waals surface area contributed by atoms with Gasteiger partial charge in [-0.25, -0.2) is 0 Å². The Labute approximate surface area is 229 Å². The van der Waals surface area contributed by atoms with E-state index in [0.29, 0.717) is 18.5 Å². The van der Waals surface area contributed by atoms with Gasteiger partial charge in [-0.15, -0.1) is 0 Å². The van der Waals surface area contributed by atoms with E-state index in [1.807, 2.05) is 66.9 Å². The van der Waals surface area contributed by atoms with Gasteiger partial charge in [-0.1, -0.05) is 22.0 Å². The molecule has 0 amide bonds. The van der Waals surface area contributed by atoms with Crippen LogP contribution in [0.5, 0.6) is 5.75 Å². The van der Waals surface area contributed by atoms with Crippen molar-refractivity contribution in [3.05, 3.63) is 116 Å². The highest BCUT2D eigenvalue weighted by Crippen LogP contribution is 2.20. The normalized spacial score (nSPS) is 11.4. The summed E-state index contributed by atoms with van der Waals surface area (Å²) in [7, 11) is 1.77. The number of aromatic nitrogens is 3. The monoisotopic (exact) mass is 572 g/mol. The highest BCUT2D eigenvalue weighted by atomic mass is 79.9. The number of hydrogen-bond donors (Lipinski definition) is 0. The molecule has 0 aliphatic rings. The number of benzene rings is 2. The van der Waals surface area contributed by atoms with Crippen LogP contribution in [0.3, 0.4) is 0 Å². The molecule has 0 aliphatic heterocycles. The lowest BCUT2D eigenvalue weighted by molar-refractivity contribution is 0.221. The van der Waals surface area contributed by atoms with Crippen molar-refractivity contribution in [3.63, 3.8) is 0 Å². The Balaban J connectivity index is 1.23. The molecule has 0 atom stereocenters. The van der Waals surface area contributed by atoms with E-state index < -0.39 is 0 Å². The lowest BCUT2D eigenvalue weighted by atomic mass is 10.2. The third kappa shape index (κ3) is 6.03. The molecular formula is C30H29BrN4O3. The molecular weight excluding hydrogens is 544 g/mol. The summed E-state index contributed by atoms with van der Waals surface area (Å²) in [5.41, 5.74) is 2.05. The average Bonchev–Trinajstić information content (AvgIpc) is 2.93. The van der Waals surface area contributed by atoms with Gasteiger partial charge in [0.15, 0.2) is 0 Å². The third-order valence-corrected chi connectivity index (χ3v) is 7.23. The van der Waals surface area contributed by atoms with Crippen molar-refractivity contribution in [2.75, 3.05) is 19.7 Å². The Kier molecular flexibility index (Phi) is 8.00. The Hall–Kier alpha value is -3.75. The maximum Gasteiger partial charge on any atom is 0.258 e. The summed E-state index contributed by atoms with van der Waals surface area (Å²) in [5, 5.41) is 2.62. The fraction of sp³-hybridized carbons (Fsp3) is 0.233. The van der Waals surface area contributed by atoms with Crippen molar-refractivity contribution in [2.24, 2.45) is 7.05 Å². The molecule has 0 radical (unpaired) electrons. The molecule has 2 aromatic carbocycles. The summed E-state index contributed by atoms with van der Waals surface area (Å²) in [6, 6.07) is 21.0. The second kappa shape index (κ2) is 11.8. The SMILES string of the molecule is Cn1c(=O)ccc2cc(OCCCN(CCn3ccc4ccc(Br)cc4c3=O)Cc3ccncc3)ccc21. The highest BCUT2D eigenvalue weighted by Gasteiger charge is 2.10. The molecule has 0 unspecified atom stereocenters. The summed E-state index contributed by atoms with van der Waals surface area (Å²) >= 11 is 3.47. The second-order valence-electron chi connectivity index (χ2n) is 9.33. The number of hydrogen-bond acceptors (Lipinski definition) is 5. The number of ether oxygens (including phenoxy) is 1. The largest absolute Gasteiger partial charge is 0.494 e. The molecule has 7 nitrogen and oxygen atoms in total. The first kappa shape index (κ1) is 25.9. The Bertz CT molecular complexity index is 1680. The third-order valence-electron chi connectivity index (χ3n) is 6.74. The van der Waals surface area contributed by atoms with Gasteiger partial charge < -0.3 is 13.9 Å². The summed E-state index contributed by atoms with van der Waals surface area (Å²) in [4.78, 5) is 31.4. The Morgan fingerprint density at radius 3 is 2.58 bits per heavy atom. The zero-order valence-electron chi connectivity index (χ0n) is 21.2. The molecule has 0 bridgehead atoms. The number of pyridine rings is 3. The van der Waals surface area contributed by atoms with E-state index in [0.717, 1.165) is 52.6 Å². The smallest absolute Gasteiger partial charge is 0.258 e. The van der Waals surface area contributed by atoms with Crippen LogP contribution in [0.2, 0.25) is 0 Å². The highest BCUT2D eigenvalue weighted by molar-refractivity contribution is 9.10. The van der Waals surface area contributed by atoms with Crippen LogP contribution in [-0.2, 0) is 20.1 Å². The summed E-state index contributed by atoms with van der Waals surface area (Å²) in [6.07, 6.45) is 6.31. The molecule has 3 heterocycles. The van der Waals surface area contributed by atoms with Gasteiger partial charge in [-0.3, -0.25) is 19.5 Å². The molecule has 0 saturated carbocycles. The van der Waals surface area contributed by atoms with Crippen LogP contribution in [0.25, 0.3) is 21.7 Å². The van der Waals surface area contributed by atoms with E-state index in [2.05, 4.69) is 25.8 Å². The molecule has 0 spiro atoms. The maximum atomic E-state index is 13.1. The number of fused-ring (bicyclic) bond motifs is 2. The van der Waals surface area contributed by atoms with E-state index >= 15 is 0 Å². The lowest BCUT2D eigenvalue weighted by Crippen LogP contribution is -2.32. The van der Waals surface area contributed by atoms with Crippen molar-refractivity contribution in [1.82, 2.24) is 19.0 Å². The summed E-state index contributed by atoms with van der Waals surface area (Å²) in [5.74, 6) is 0.783. The maximum absolute atomic E-state index is 13.1. The molecule has 38 heavy (non-hydrogen) atoms. The fourth-order valence-electron chi connectivity index (χ4n) is 4.62. The zero-order valence-corrected chi connectivity index (χ0v) is 22.8. The van der Waals surface area contributed by atoms with Crippen molar-refractivity contribution in [2.45, 2.75) is 19.5 Å². The van der Waals surface area contributed by atoms with Crippen LogP contribution in [0.15, 0.2) is 99.4 Å². The van der Waals surface area contributed by atoms with Gasteiger partial charge in [-0.05, 0) is 72.0 Å². The topological polar surface area (TPSA) is 69.4 Å². The van der Waals surface area contributed by atoms with Gasteiger partial charge in [0.1, 0.15) is 5.75 Å². The van der Waals surface area contributed by atoms with Gasteiger partial charge >= 0.3 is 0 Å². The van der Waals surface area contributed by atoms with Gasteiger partial charge in [-0.2, -0.15) is 0 Å². The van der Waals surface area contributed by atoms with Crippen molar-refractivity contribution in [3.8, 4) is 5.75 Å². The molecule has 5 rings (SSSR count). The van der Waals surface area contributed by atoms with E-state index in [9.17, 15) is 9.59 Å². The van der Waals surface area contributed by atoms with Crippen LogP contribution >= 0.6 is 15.9 Å². The van der Waals surface area contributed by atoms with Crippen LogP contribution < -0.4 is 15.9 Å². The minimum absolute atomic E-state index is 0.0183. The van der Waals surface area contributed by atoms with Crippen molar-refractivity contribution in [1.29, 1.82) is 0 Å². The Morgan fingerprint density at radius 2 is 1.74 bits per heavy atom. The molecule has 0 saturated heterocycles. The standard InChI is InChI=1S/C30H29BrN4O3/c1-33-28-7-6-26(19-24(28)4-8-29(33)36)38-18-2-14-34(21-22-9-12-32-13-10-22)16-17-35-15-11-23-3-5-25(31)20-27(23)30(35)37/h3-13,15,19-20H,2,14,16-18,21H2,1H3. The Morgan fingerprint density at radius 1 is 0.921 bits per heavy atom. The molecule has 194 valence electrons. The van der Waals surface area contributed by atoms with Gasteiger partial charge in [0.2, 0.25) is 0 Å². The van der Waals surface area contributed by atoms with E-state index in [1.54, 1.807) is 34.6 Å². The number of halogens is 1. The first-order chi connectivity index (χ1) is 18.5. The first-order valence-electron chi connectivity index (χ1n) is 12.6. The second-order valence-corrected chi connectivity index (χ2v) is 10.2. The predicted molar refractivity (Wildman–Crippen MR) is 155 cm³/mol. The van der Waals surface area contributed by atoms with Crippen LogP contribution in [-0.4, -0.2) is 38.7 Å². The van der Waals surface area contributed by atoms with Crippen LogP contribution in [0, 0.1) is 0 Å². The number of nitrogens with zero attached hydrogens (tertiary/aromatic N) is 4. The molecule has 0 fully saturated rings. The van der Waals surface area contributed by atoms with Crippen LogP contribution in [0.4, 0.5) is 0 Å². The minimum Gasteiger partial charge on any atom is -0.494 e. The number of aryl methyl sites for hydroxylation is 1. The van der Waals surface area contributed by atoms with Crippen LogP contribution in [0.1, 0.15) is 12.0 Å². The summed E-state index contributed by atoms with van der Waals surface area (Å²) in [6.45, 7) is 3.47. The van der Waals surface area contributed by atoms with E-state index in [1.165, 1.54) is 5.56 Å². The van der Waals surface area contributed by atoms with Gasteiger partial charge in [0, 0.05) is 73.1 Å². The van der Waals surface area contributed by atoms with Gasteiger partial charge in [0.05, 0.1) is 12.1 Å². The predicted octanol–water partition coefficient (Wildman–Crippen LogP) is 4.98. The molecule has 0 aliphatic carbocycles. The quantitative estimate of drug-likeness (QED) is 0.221. The molecule has 3 aromatic heterocycles. The molecule has 5 aromatic rings. The minimum atomic E-state index is -0.0284. The van der Waals surface area contributed by atoms with E-state index in [-0.39, 0.29) is 11.1 Å². The van der Waals surface area contributed by atoms with Gasteiger partial charge in [0.25, 0.3) is 11.1 Å². The zero-order chi connectivity index (χ0) is 26.5. The van der Waals surface area contributed by atoms with E-state index in [4.69, 9.17) is 4.74 Å².